The maximum absolute atomic E-state index is 13.4. The molecule has 2 rings (SSSR count). The number of aromatic amines is 1. The van der Waals surface area contributed by atoms with Crippen molar-refractivity contribution in [1.82, 2.24) is 25.9 Å². The number of aromatic nitrogens is 2. The molecule has 4 unspecified atom stereocenters. The molecule has 0 fully saturated rings. The van der Waals surface area contributed by atoms with Gasteiger partial charge in [0.25, 0.3) is 0 Å². The van der Waals surface area contributed by atoms with Gasteiger partial charge in [-0.15, -0.1) is 0 Å². The number of nitrogens with two attached hydrogens (primary N) is 3. The van der Waals surface area contributed by atoms with Crippen molar-refractivity contribution in [2.45, 2.75) is 56.3 Å². The highest BCUT2D eigenvalue weighted by atomic mass is 16.4. The zero-order chi connectivity index (χ0) is 30.4. The van der Waals surface area contributed by atoms with Gasteiger partial charge < -0.3 is 48.3 Å². The zero-order valence-electron chi connectivity index (χ0n) is 22.2. The molecule has 4 atom stereocenters. The van der Waals surface area contributed by atoms with Crippen molar-refractivity contribution in [3.8, 4) is 0 Å². The van der Waals surface area contributed by atoms with Crippen molar-refractivity contribution < 1.29 is 34.2 Å². The third-order valence-corrected chi connectivity index (χ3v) is 5.82. The normalized spacial score (nSPS) is 13.6. The first-order chi connectivity index (χ1) is 19.5. The van der Waals surface area contributed by atoms with Crippen molar-refractivity contribution >= 4 is 35.6 Å². The fourth-order valence-corrected chi connectivity index (χ4v) is 3.76. The number of hydrogen-bond acceptors (Lipinski definition) is 8. The van der Waals surface area contributed by atoms with Gasteiger partial charge in [0.15, 0.2) is 5.96 Å². The van der Waals surface area contributed by atoms with E-state index >= 15 is 0 Å². The molecule has 0 aliphatic heterocycles. The molecular formula is C25H35N9O7. The number of nitrogens with zero attached hydrogens (tertiary/aromatic N) is 2. The van der Waals surface area contributed by atoms with Crippen molar-refractivity contribution in [3.63, 3.8) is 0 Å². The van der Waals surface area contributed by atoms with Crippen LogP contribution in [0.1, 0.15) is 30.5 Å². The lowest BCUT2D eigenvalue weighted by Gasteiger charge is -2.25. The third-order valence-electron chi connectivity index (χ3n) is 5.82. The predicted molar refractivity (Wildman–Crippen MR) is 146 cm³/mol. The van der Waals surface area contributed by atoms with E-state index in [0.717, 1.165) is 5.56 Å². The van der Waals surface area contributed by atoms with Crippen LogP contribution in [0.5, 0.6) is 0 Å². The van der Waals surface area contributed by atoms with Crippen molar-refractivity contribution in [1.29, 1.82) is 0 Å². The Morgan fingerprint density at radius 1 is 0.902 bits per heavy atom. The highest BCUT2D eigenvalue weighted by Gasteiger charge is 2.31. The summed E-state index contributed by atoms with van der Waals surface area (Å²) in [5, 5.41) is 25.6. The summed E-state index contributed by atoms with van der Waals surface area (Å²) in [6.45, 7) is 0.158. The molecule has 0 aliphatic carbocycles. The summed E-state index contributed by atoms with van der Waals surface area (Å²) in [5.74, 6) is -5.48. The van der Waals surface area contributed by atoms with E-state index in [0.29, 0.717) is 5.69 Å². The lowest BCUT2D eigenvalue weighted by atomic mass is 10.0. The lowest BCUT2D eigenvalue weighted by Crippen LogP contribution is -2.58. The fraction of sp³-hybridized carbons (Fsp3) is 0.400. The van der Waals surface area contributed by atoms with Crippen LogP contribution in [-0.2, 0) is 36.8 Å². The van der Waals surface area contributed by atoms with E-state index in [1.807, 2.05) is 6.07 Å². The van der Waals surface area contributed by atoms with Crippen LogP contribution in [0.2, 0.25) is 0 Å². The molecule has 1 aromatic carbocycles. The maximum Gasteiger partial charge on any atom is 0.326 e. The average Bonchev–Trinajstić information content (AvgIpc) is 3.42. The van der Waals surface area contributed by atoms with E-state index in [-0.39, 0.29) is 38.2 Å². The van der Waals surface area contributed by atoms with Crippen LogP contribution in [0.3, 0.4) is 0 Å². The number of aliphatic imine (C=N–C) groups is 1. The van der Waals surface area contributed by atoms with Gasteiger partial charge in [0.1, 0.15) is 18.1 Å². The Balaban J connectivity index is 2.21. The molecule has 0 saturated carbocycles. The highest BCUT2D eigenvalue weighted by Crippen LogP contribution is 2.07. The Labute approximate surface area is 235 Å². The van der Waals surface area contributed by atoms with Crippen molar-refractivity contribution in [2.75, 3.05) is 6.54 Å². The number of imidazole rings is 1. The molecule has 0 bridgehead atoms. The first-order valence-corrected chi connectivity index (χ1v) is 12.6. The number of carbonyl (C=O) groups is 5. The van der Waals surface area contributed by atoms with Gasteiger partial charge in [-0.2, -0.15) is 0 Å². The summed E-state index contributed by atoms with van der Waals surface area (Å²) in [6.07, 6.45) is 2.28. The minimum absolute atomic E-state index is 0.0710. The van der Waals surface area contributed by atoms with Gasteiger partial charge in [-0.25, -0.2) is 9.78 Å². The summed E-state index contributed by atoms with van der Waals surface area (Å²) in [5.41, 5.74) is 18.0. The fourth-order valence-electron chi connectivity index (χ4n) is 3.76. The first-order valence-electron chi connectivity index (χ1n) is 12.6. The van der Waals surface area contributed by atoms with Crippen LogP contribution >= 0.6 is 0 Å². The molecule has 0 radical (unpaired) electrons. The smallest absolute Gasteiger partial charge is 0.326 e. The minimum Gasteiger partial charge on any atom is -0.481 e. The minimum atomic E-state index is -1.74. The number of nitrogens with one attached hydrogen (secondary N) is 4. The molecule has 0 aliphatic rings. The summed E-state index contributed by atoms with van der Waals surface area (Å²) in [7, 11) is 0. The van der Waals surface area contributed by atoms with Crippen LogP contribution in [0.25, 0.3) is 0 Å². The van der Waals surface area contributed by atoms with Crippen LogP contribution in [0, 0.1) is 0 Å². The van der Waals surface area contributed by atoms with Crippen LogP contribution in [0.15, 0.2) is 47.8 Å². The second-order valence-corrected chi connectivity index (χ2v) is 9.15. The highest BCUT2D eigenvalue weighted by molar-refractivity contribution is 5.94. The average molecular weight is 574 g/mol. The number of hydrogen-bond donors (Lipinski definition) is 9. The predicted octanol–water partition coefficient (Wildman–Crippen LogP) is -2.41. The number of carboxylic acids is 2. The summed E-state index contributed by atoms with van der Waals surface area (Å²) in [4.78, 5) is 72.3. The third kappa shape index (κ3) is 11.7. The Hall–Kier alpha value is -4.99. The van der Waals surface area contributed by atoms with Crippen LogP contribution in [-0.4, -0.2) is 86.5 Å². The Kier molecular flexibility index (Phi) is 12.7. The Morgan fingerprint density at radius 2 is 1.54 bits per heavy atom. The molecule has 41 heavy (non-hydrogen) atoms. The summed E-state index contributed by atoms with van der Waals surface area (Å²) in [6, 6.07) is 3.79. The molecule has 16 heteroatoms. The van der Waals surface area contributed by atoms with Gasteiger partial charge in [0, 0.05) is 24.9 Å². The molecular weight excluding hydrogens is 538 g/mol. The lowest BCUT2D eigenvalue weighted by molar-refractivity contribution is -0.147. The molecule has 1 aromatic heterocycles. The number of carboxylic acid groups (broad SMARTS) is 2. The monoisotopic (exact) mass is 573 g/mol. The quantitative estimate of drug-likeness (QED) is 0.0545. The van der Waals surface area contributed by atoms with Crippen LogP contribution < -0.4 is 33.2 Å². The zero-order valence-corrected chi connectivity index (χ0v) is 22.2. The molecule has 3 amide bonds. The number of H-pyrrole nitrogens is 1. The van der Waals surface area contributed by atoms with E-state index in [9.17, 15) is 29.1 Å². The first kappa shape index (κ1) is 32.2. The van der Waals surface area contributed by atoms with Gasteiger partial charge in [0.05, 0.1) is 18.8 Å². The van der Waals surface area contributed by atoms with E-state index in [1.165, 1.54) is 12.5 Å². The number of amides is 3. The van der Waals surface area contributed by atoms with Gasteiger partial charge in [-0.05, 0) is 24.8 Å². The number of aliphatic carboxylic acids is 2. The van der Waals surface area contributed by atoms with E-state index in [4.69, 9.17) is 22.3 Å². The Bertz CT molecular complexity index is 1200. The molecule has 12 N–H and O–H groups in total. The molecule has 0 saturated heterocycles. The molecule has 1 heterocycles. The molecule has 16 nitrogen and oxygen atoms in total. The van der Waals surface area contributed by atoms with Crippen LogP contribution in [0.4, 0.5) is 0 Å². The Morgan fingerprint density at radius 3 is 2.12 bits per heavy atom. The molecule has 2 aromatic rings. The van der Waals surface area contributed by atoms with Gasteiger partial charge in [0.2, 0.25) is 17.7 Å². The molecule has 0 spiro atoms. The second kappa shape index (κ2) is 16.2. The largest absolute Gasteiger partial charge is 0.481 e. The number of rotatable bonds is 17. The van der Waals surface area contributed by atoms with Gasteiger partial charge >= 0.3 is 11.9 Å². The van der Waals surface area contributed by atoms with Crippen molar-refractivity contribution in [2.24, 2.45) is 22.2 Å². The maximum atomic E-state index is 13.4. The standard InChI is InChI=1S/C25H35N9O7/c26-16(9-14-5-2-1-3-6-14)21(37)32-17(7-4-8-30-25(27)28)22(38)33-18(10-15-12-29-13-31-15)23(39)34-19(24(40)41)11-20(35)36/h1-3,5-6,12-13,16-19H,4,7-11,26H2,(H,29,31)(H,32,37)(H,33,38)(H,34,39)(H,35,36)(H,40,41)(H4,27,28,30). The van der Waals surface area contributed by atoms with Gasteiger partial charge in [-0.3, -0.25) is 24.2 Å². The molecule has 222 valence electrons. The van der Waals surface area contributed by atoms with Crippen molar-refractivity contribution in [3.05, 3.63) is 54.1 Å². The van der Waals surface area contributed by atoms with Gasteiger partial charge in [-0.1, -0.05) is 30.3 Å². The SMILES string of the molecule is NC(N)=NCCCC(NC(=O)C(N)Cc1ccccc1)C(=O)NC(Cc1cnc[nH]1)C(=O)NC(CC(=O)O)C(=O)O. The summed E-state index contributed by atoms with van der Waals surface area (Å²) >= 11 is 0. The number of benzene rings is 1. The topological polar surface area (TPSA) is 281 Å². The number of guanidine groups is 1. The summed E-state index contributed by atoms with van der Waals surface area (Å²) < 4.78 is 0. The van der Waals surface area contributed by atoms with E-state index in [2.05, 4.69) is 30.9 Å². The van der Waals surface area contributed by atoms with E-state index in [1.54, 1.807) is 24.3 Å². The second-order valence-electron chi connectivity index (χ2n) is 9.15. The number of carbonyl (C=O) groups excluding carboxylic acids is 3. The van der Waals surface area contributed by atoms with E-state index < -0.39 is 60.2 Å².